The number of rotatable bonds is 4. The van der Waals surface area contributed by atoms with Gasteiger partial charge in [0.05, 0.1) is 17.5 Å². The lowest BCUT2D eigenvalue weighted by Gasteiger charge is -2.10. The van der Waals surface area contributed by atoms with Crippen molar-refractivity contribution >= 4 is 16.3 Å². The molecule has 1 aromatic carbocycles. The van der Waals surface area contributed by atoms with Gasteiger partial charge in [-0.2, -0.15) is 0 Å². The number of aromatic nitrogens is 2. The molecule has 0 aliphatic carbocycles. The first-order valence-electron chi connectivity index (χ1n) is 7.03. The van der Waals surface area contributed by atoms with Crippen molar-refractivity contribution in [1.29, 1.82) is 0 Å². The van der Waals surface area contributed by atoms with Gasteiger partial charge in [0.1, 0.15) is 5.75 Å². The van der Waals surface area contributed by atoms with Gasteiger partial charge in [-0.25, -0.2) is 4.98 Å². The number of hydrogen-bond donors (Lipinski definition) is 1. The molecule has 0 atom stereocenters. The quantitative estimate of drug-likeness (QED) is 0.801. The Bertz CT molecular complexity index is 756. The molecule has 0 saturated heterocycles. The van der Waals surface area contributed by atoms with Crippen molar-refractivity contribution in [2.75, 3.05) is 0 Å². The molecule has 3 aromatic rings. The third-order valence-electron chi connectivity index (χ3n) is 3.25. The highest BCUT2D eigenvalue weighted by Crippen LogP contribution is 2.32. The first kappa shape index (κ1) is 14.1. The average molecular weight is 301 g/mol. The molecule has 5 heteroatoms. The van der Waals surface area contributed by atoms with Crippen LogP contribution in [-0.4, -0.2) is 15.5 Å². The number of thiazole rings is 1. The van der Waals surface area contributed by atoms with Crippen LogP contribution in [0.2, 0.25) is 0 Å². The number of aryl methyl sites for hydroxylation is 1. The minimum Gasteiger partial charge on any atom is -0.491 e. The summed E-state index contributed by atoms with van der Waals surface area (Å²) in [4.78, 5) is 6.77. The van der Waals surface area contributed by atoms with Crippen LogP contribution in [0.1, 0.15) is 24.4 Å². The molecule has 110 valence electrons. The zero-order valence-corrected chi connectivity index (χ0v) is 13.3. The van der Waals surface area contributed by atoms with E-state index in [2.05, 4.69) is 28.4 Å². The standard InChI is InChI=1S/C16H19N3OS/c1-10(2)20-14-6-4-12(5-7-14)15-11(3)21-16-18-13(8-17)9-19(15)16/h4-7,9-10H,8,17H2,1-3H3. The molecular weight excluding hydrogens is 282 g/mol. The lowest BCUT2D eigenvalue weighted by Crippen LogP contribution is -2.05. The molecule has 0 aliphatic heterocycles. The van der Waals surface area contributed by atoms with E-state index in [4.69, 9.17) is 10.5 Å². The molecular formula is C16H19N3OS. The van der Waals surface area contributed by atoms with Crippen LogP contribution >= 0.6 is 11.3 Å². The summed E-state index contributed by atoms with van der Waals surface area (Å²) in [6, 6.07) is 8.21. The summed E-state index contributed by atoms with van der Waals surface area (Å²) >= 11 is 1.69. The zero-order valence-electron chi connectivity index (χ0n) is 12.5. The Balaban J connectivity index is 2.02. The van der Waals surface area contributed by atoms with E-state index in [1.807, 2.05) is 32.2 Å². The van der Waals surface area contributed by atoms with Gasteiger partial charge in [0, 0.05) is 17.6 Å². The van der Waals surface area contributed by atoms with Crippen molar-refractivity contribution in [3.8, 4) is 17.0 Å². The molecule has 2 N–H and O–H groups in total. The predicted octanol–water partition coefficient (Wildman–Crippen LogP) is 3.62. The van der Waals surface area contributed by atoms with Crippen LogP contribution in [0.25, 0.3) is 16.2 Å². The van der Waals surface area contributed by atoms with Crippen LogP contribution in [0, 0.1) is 6.92 Å². The summed E-state index contributed by atoms with van der Waals surface area (Å²) in [6.45, 7) is 6.64. The van der Waals surface area contributed by atoms with Gasteiger partial charge >= 0.3 is 0 Å². The zero-order chi connectivity index (χ0) is 15.0. The molecule has 0 fully saturated rings. The lowest BCUT2D eigenvalue weighted by molar-refractivity contribution is 0.242. The Morgan fingerprint density at radius 1 is 1.29 bits per heavy atom. The fraction of sp³-hybridized carbons (Fsp3) is 0.312. The minimum atomic E-state index is 0.186. The van der Waals surface area contributed by atoms with Gasteiger partial charge < -0.3 is 10.5 Å². The van der Waals surface area contributed by atoms with Crippen LogP contribution in [0.5, 0.6) is 5.75 Å². The van der Waals surface area contributed by atoms with Gasteiger partial charge in [-0.15, -0.1) is 11.3 Å². The van der Waals surface area contributed by atoms with Gasteiger partial charge in [-0.1, -0.05) is 0 Å². The summed E-state index contributed by atoms with van der Waals surface area (Å²) in [5, 5.41) is 0. The van der Waals surface area contributed by atoms with Crippen LogP contribution in [0.4, 0.5) is 0 Å². The van der Waals surface area contributed by atoms with Crippen LogP contribution < -0.4 is 10.5 Å². The summed E-state index contributed by atoms with van der Waals surface area (Å²) < 4.78 is 7.82. The van der Waals surface area contributed by atoms with Crippen molar-refractivity contribution in [2.45, 2.75) is 33.4 Å². The maximum atomic E-state index is 5.69. The van der Waals surface area contributed by atoms with E-state index in [1.165, 1.54) is 10.6 Å². The van der Waals surface area contributed by atoms with E-state index in [0.29, 0.717) is 6.54 Å². The van der Waals surface area contributed by atoms with Crippen molar-refractivity contribution in [3.05, 3.63) is 41.0 Å². The van der Waals surface area contributed by atoms with E-state index in [0.717, 1.165) is 22.0 Å². The Morgan fingerprint density at radius 2 is 2.00 bits per heavy atom. The molecule has 2 aromatic heterocycles. The van der Waals surface area contributed by atoms with E-state index < -0.39 is 0 Å². The van der Waals surface area contributed by atoms with E-state index in [-0.39, 0.29) is 6.10 Å². The van der Waals surface area contributed by atoms with Gasteiger partial charge in [0.2, 0.25) is 0 Å². The number of hydrogen-bond acceptors (Lipinski definition) is 4. The first-order chi connectivity index (χ1) is 10.1. The van der Waals surface area contributed by atoms with Gasteiger partial charge in [-0.05, 0) is 50.6 Å². The highest BCUT2D eigenvalue weighted by Gasteiger charge is 2.13. The number of fused-ring (bicyclic) bond motifs is 1. The second kappa shape index (κ2) is 5.50. The largest absolute Gasteiger partial charge is 0.491 e. The molecule has 0 radical (unpaired) electrons. The lowest BCUT2D eigenvalue weighted by atomic mass is 10.1. The van der Waals surface area contributed by atoms with E-state index >= 15 is 0 Å². The maximum absolute atomic E-state index is 5.69. The molecule has 21 heavy (non-hydrogen) atoms. The first-order valence-corrected chi connectivity index (χ1v) is 7.84. The second-order valence-electron chi connectivity index (χ2n) is 5.29. The number of nitrogens with zero attached hydrogens (tertiary/aromatic N) is 2. The Hall–Kier alpha value is -1.85. The summed E-state index contributed by atoms with van der Waals surface area (Å²) in [6.07, 6.45) is 2.21. The van der Waals surface area contributed by atoms with Crippen molar-refractivity contribution in [2.24, 2.45) is 5.73 Å². The Morgan fingerprint density at radius 3 is 2.62 bits per heavy atom. The van der Waals surface area contributed by atoms with Gasteiger partial charge in [-0.3, -0.25) is 4.40 Å². The normalized spacial score (nSPS) is 11.5. The van der Waals surface area contributed by atoms with Crippen LogP contribution in [0.3, 0.4) is 0 Å². The number of nitrogens with two attached hydrogens (primary N) is 1. The van der Waals surface area contributed by atoms with Gasteiger partial charge in [0.15, 0.2) is 4.96 Å². The number of benzene rings is 1. The number of ether oxygens (including phenoxy) is 1. The smallest absolute Gasteiger partial charge is 0.194 e. The Kier molecular flexibility index (Phi) is 3.69. The molecule has 0 aliphatic rings. The highest BCUT2D eigenvalue weighted by molar-refractivity contribution is 7.17. The van der Waals surface area contributed by atoms with Gasteiger partial charge in [0.25, 0.3) is 0 Å². The van der Waals surface area contributed by atoms with Crippen molar-refractivity contribution in [3.63, 3.8) is 0 Å². The van der Waals surface area contributed by atoms with Crippen molar-refractivity contribution < 1.29 is 4.74 Å². The summed E-state index contributed by atoms with van der Waals surface area (Å²) in [5.41, 5.74) is 8.94. The highest BCUT2D eigenvalue weighted by atomic mass is 32.1. The molecule has 2 heterocycles. The molecule has 0 amide bonds. The van der Waals surface area contributed by atoms with Crippen molar-refractivity contribution in [1.82, 2.24) is 9.38 Å². The molecule has 0 saturated carbocycles. The van der Waals surface area contributed by atoms with Crippen LogP contribution in [0.15, 0.2) is 30.5 Å². The second-order valence-corrected chi connectivity index (χ2v) is 6.47. The molecule has 4 nitrogen and oxygen atoms in total. The van der Waals surface area contributed by atoms with E-state index in [9.17, 15) is 0 Å². The minimum absolute atomic E-state index is 0.186. The maximum Gasteiger partial charge on any atom is 0.194 e. The predicted molar refractivity (Wildman–Crippen MR) is 86.9 cm³/mol. The fourth-order valence-electron chi connectivity index (χ4n) is 2.40. The summed E-state index contributed by atoms with van der Waals surface area (Å²) in [5.74, 6) is 0.895. The molecule has 3 rings (SSSR count). The van der Waals surface area contributed by atoms with E-state index in [1.54, 1.807) is 11.3 Å². The SMILES string of the molecule is Cc1sc2nc(CN)cn2c1-c1ccc(OC(C)C)cc1. The fourth-order valence-corrected chi connectivity index (χ4v) is 3.39. The Labute approximate surface area is 128 Å². The number of imidazole rings is 1. The summed E-state index contributed by atoms with van der Waals surface area (Å²) in [7, 11) is 0. The molecule has 0 bridgehead atoms. The third-order valence-corrected chi connectivity index (χ3v) is 4.22. The average Bonchev–Trinajstić information content (AvgIpc) is 2.95. The topological polar surface area (TPSA) is 52.5 Å². The monoisotopic (exact) mass is 301 g/mol. The molecule has 0 unspecified atom stereocenters. The van der Waals surface area contributed by atoms with Crippen LogP contribution in [-0.2, 0) is 6.54 Å². The molecule has 0 spiro atoms. The third kappa shape index (κ3) is 2.66.